The zero-order valence-corrected chi connectivity index (χ0v) is 14.6. The highest BCUT2D eigenvalue weighted by atomic mass is 35.5. The Bertz CT molecular complexity index is 792. The second kappa shape index (κ2) is 6.11. The number of nitrogens with one attached hydrogen (secondary N) is 2. The van der Waals surface area contributed by atoms with Gasteiger partial charge in [0.25, 0.3) is 0 Å². The van der Waals surface area contributed by atoms with E-state index in [1.807, 2.05) is 24.3 Å². The molecule has 5 heteroatoms. The monoisotopic (exact) mass is 340 g/mol. The number of anilines is 2. The van der Waals surface area contributed by atoms with E-state index in [4.69, 9.17) is 16.6 Å². The van der Waals surface area contributed by atoms with Gasteiger partial charge in [-0.2, -0.15) is 0 Å². The number of hydrogen-bond acceptors (Lipinski definition) is 4. The Labute approximate surface area is 147 Å². The summed E-state index contributed by atoms with van der Waals surface area (Å²) >= 11 is 6.20. The summed E-state index contributed by atoms with van der Waals surface area (Å²) in [6.07, 6.45) is 0. The lowest BCUT2D eigenvalue weighted by molar-refractivity contribution is 0.255. The molecule has 1 saturated heterocycles. The van der Waals surface area contributed by atoms with Crippen LogP contribution in [-0.4, -0.2) is 35.9 Å². The number of hydrogen-bond donors (Lipinski definition) is 2. The maximum atomic E-state index is 6.20. The van der Waals surface area contributed by atoms with Gasteiger partial charge in [-0.05, 0) is 44.2 Å². The first kappa shape index (κ1) is 15.5. The van der Waals surface area contributed by atoms with E-state index in [1.165, 1.54) is 0 Å². The average molecular weight is 341 g/mol. The van der Waals surface area contributed by atoms with Crippen LogP contribution in [0.4, 0.5) is 17.1 Å². The lowest BCUT2D eigenvalue weighted by atomic mass is 10.1. The number of piperazine rings is 1. The third kappa shape index (κ3) is 2.87. The van der Waals surface area contributed by atoms with E-state index in [2.05, 4.69) is 47.6 Å². The first-order valence-electron chi connectivity index (χ1n) is 8.36. The Morgan fingerprint density at radius 1 is 1.04 bits per heavy atom. The molecule has 4 rings (SSSR count). The molecule has 24 heavy (non-hydrogen) atoms. The standard InChI is InChI=1S/C19H21ClN4/c1-12-10-24(11-13(2)21-12)19-15-5-3-4-6-16(15)22-17-8-7-14(20)9-18(17)23-19/h3-9,12-13,21-22H,10-11H2,1-2H3. The lowest BCUT2D eigenvalue weighted by Crippen LogP contribution is -2.56. The molecule has 2 aromatic rings. The van der Waals surface area contributed by atoms with Crippen LogP contribution in [0, 0.1) is 0 Å². The van der Waals surface area contributed by atoms with Crippen LogP contribution < -0.4 is 10.6 Å². The van der Waals surface area contributed by atoms with E-state index in [0.717, 1.165) is 41.6 Å². The van der Waals surface area contributed by atoms with Crippen molar-refractivity contribution in [2.75, 3.05) is 18.4 Å². The molecule has 2 atom stereocenters. The van der Waals surface area contributed by atoms with Gasteiger partial charge in [0.15, 0.2) is 0 Å². The molecule has 1 fully saturated rings. The summed E-state index contributed by atoms with van der Waals surface area (Å²) in [5.74, 6) is 1.01. The summed E-state index contributed by atoms with van der Waals surface area (Å²) in [6, 6.07) is 15.0. The van der Waals surface area contributed by atoms with Crippen molar-refractivity contribution in [2.45, 2.75) is 25.9 Å². The van der Waals surface area contributed by atoms with Crippen LogP contribution >= 0.6 is 11.6 Å². The van der Waals surface area contributed by atoms with Crippen molar-refractivity contribution in [3.63, 3.8) is 0 Å². The molecule has 0 radical (unpaired) electrons. The van der Waals surface area contributed by atoms with Crippen molar-refractivity contribution < 1.29 is 0 Å². The van der Waals surface area contributed by atoms with Gasteiger partial charge < -0.3 is 15.5 Å². The van der Waals surface area contributed by atoms with Gasteiger partial charge in [-0.15, -0.1) is 0 Å². The molecule has 2 N–H and O–H groups in total. The molecule has 0 aromatic heterocycles. The Kier molecular flexibility index (Phi) is 3.94. The molecule has 0 saturated carbocycles. The van der Waals surface area contributed by atoms with Gasteiger partial charge in [0.05, 0.1) is 11.4 Å². The van der Waals surface area contributed by atoms with Crippen molar-refractivity contribution >= 4 is 34.5 Å². The number of amidine groups is 1. The molecule has 2 unspecified atom stereocenters. The predicted molar refractivity (Wildman–Crippen MR) is 101 cm³/mol. The number of fused-ring (bicyclic) bond motifs is 2. The molecule has 2 aromatic carbocycles. The average Bonchev–Trinajstić information content (AvgIpc) is 2.70. The van der Waals surface area contributed by atoms with Crippen LogP contribution in [-0.2, 0) is 0 Å². The van der Waals surface area contributed by atoms with E-state index in [0.29, 0.717) is 17.1 Å². The van der Waals surface area contributed by atoms with Gasteiger partial charge in [0.2, 0.25) is 0 Å². The number of rotatable bonds is 0. The van der Waals surface area contributed by atoms with Crippen molar-refractivity contribution in [3.8, 4) is 0 Å². The maximum absolute atomic E-state index is 6.20. The van der Waals surface area contributed by atoms with Crippen molar-refractivity contribution in [1.29, 1.82) is 0 Å². The second-order valence-electron chi connectivity index (χ2n) is 6.64. The lowest BCUT2D eigenvalue weighted by Gasteiger charge is -2.38. The minimum atomic E-state index is 0.429. The first-order valence-corrected chi connectivity index (χ1v) is 8.73. The van der Waals surface area contributed by atoms with Gasteiger partial charge >= 0.3 is 0 Å². The van der Waals surface area contributed by atoms with Crippen molar-refractivity contribution in [2.24, 2.45) is 4.99 Å². The minimum absolute atomic E-state index is 0.429. The normalized spacial score (nSPS) is 22.8. The molecule has 2 aliphatic rings. The number of nitrogens with zero attached hydrogens (tertiary/aromatic N) is 2. The first-order chi connectivity index (χ1) is 11.6. The molecule has 2 heterocycles. The van der Waals surface area contributed by atoms with E-state index in [1.54, 1.807) is 0 Å². The summed E-state index contributed by atoms with van der Waals surface area (Å²) in [4.78, 5) is 7.38. The summed E-state index contributed by atoms with van der Waals surface area (Å²) in [5, 5.41) is 7.79. The van der Waals surface area contributed by atoms with Crippen LogP contribution in [0.5, 0.6) is 0 Å². The summed E-state index contributed by atoms with van der Waals surface area (Å²) in [7, 11) is 0. The maximum Gasteiger partial charge on any atom is 0.138 e. The molecule has 4 nitrogen and oxygen atoms in total. The molecule has 2 aliphatic heterocycles. The Morgan fingerprint density at radius 2 is 1.79 bits per heavy atom. The third-order valence-corrected chi connectivity index (χ3v) is 4.72. The highest BCUT2D eigenvalue weighted by Crippen LogP contribution is 2.36. The molecule has 124 valence electrons. The van der Waals surface area contributed by atoms with Crippen LogP contribution in [0.15, 0.2) is 47.5 Å². The third-order valence-electron chi connectivity index (χ3n) is 4.48. The van der Waals surface area contributed by atoms with Crippen LogP contribution in [0.1, 0.15) is 19.4 Å². The number of aliphatic imine (C=N–C) groups is 1. The van der Waals surface area contributed by atoms with E-state index < -0.39 is 0 Å². The largest absolute Gasteiger partial charge is 0.353 e. The smallest absolute Gasteiger partial charge is 0.138 e. The zero-order chi connectivity index (χ0) is 16.7. The zero-order valence-electron chi connectivity index (χ0n) is 13.9. The van der Waals surface area contributed by atoms with Crippen molar-refractivity contribution in [3.05, 3.63) is 53.1 Å². The quantitative estimate of drug-likeness (QED) is 0.756. The van der Waals surface area contributed by atoms with E-state index in [-0.39, 0.29) is 0 Å². The topological polar surface area (TPSA) is 39.7 Å². The van der Waals surface area contributed by atoms with Gasteiger partial charge in [-0.3, -0.25) is 0 Å². The molecule has 0 bridgehead atoms. The summed E-state index contributed by atoms with van der Waals surface area (Å²) < 4.78 is 0. The van der Waals surface area contributed by atoms with Gasteiger partial charge in [0, 0.05) is 41.4 Å². The fourth-order valence-electron chi connectivity index (χ4n) is 3.55. The SMILES string of the molecule is CC1CN(C2=Nc3cc(Cl)ccc3Nc3ccccc32)CC(C)N1. The van der Waals surface area contributed by atoms with Crippen LogP contribution in [0.3, 0.4) is 0 Å². The highest BCUT2D eigenvalue weighted by Gasteiger charge is 2.27. The van der Waals surface area contributed by atoms with Gasteiger partial charge in [-0.1, -0.05) is 23.7 Å². The van der Waals surface area contributed by atoms with Crippen LogP contribution in [0.2, 0.25) is 5.02 Å². The molecular formula is C19H21ClN4. The molecular weight excluding hydrogens is 320 g/mol. The Morgan fingerprint density at radius 3 is 2.58 bits per heavy atom. The molecule has 0 amide bonds. The number of benzene rings is 2. The number of para-hydroxylation sites is 1. The Balaban J connectivity index is 1.85. The van der Waals surface area contributed by atoms with Crippen molar-refractivity contribution in [1.82, 2.24) is 10.2 Å². The predicted octanol–water partition coefficient (Wildman–Crippen LogP) is 4.16. The van der Waals surface area contributed by atoms with Gasteiger partial charge in [0.1, 0.15) is 5.84 Å². The van der Waals surface area contributed by atoms with Crippen LogP contribution in [0.25, 0.3) is 0 Å². The molecule has 0 aliphatic carbocycles. The summed E-state index contributed by atoms with van der Waals surface area (Å²) in [6.45, 7) is 6.31. The fourth-order valence-corrected chi connectivity index (χ4v) is 3.72. The molecule has 0 spiro atoms. The van der Waals surface area contributed by atoms with E-state index in [9.17, 15) is 0 Å². The van der Waals surface area contributed by atoms with E-state index >= 15 is 0 Å². The summed E-state index contributed by atoms with van der Waals surface area (Å²) in [5.41, 5.74) is 4.08. The fraction of sp³-hybridized carbons (Fsp3) is 0.316. The minimum Gasteiger partial charge on any atom is -0.353 e. The Hall–Kier alpha value is -2.04. The second-order valence-corrected chi connectivity index (χ2v) is 7.08. The number of halogens is 1. The van der Waals surface area contributed by atoms with Gasteiger partial charge in [-0.25, -0.2) is 4.99 Å². The highest BCUT2D eigenvalue weighted by molar-refractivity contribution is 6.31.